The van der Waals surface area contributed by atoms with Gasteiger partial charge in [-0.3, -0.25) is 10.1 Å². The smallest absolute Gasteiger partial charge is 0.270 e. The van der Waals surface area contributed by atoms with E-state index >= 15 is 0 Å². The lowest BCUT2D eigenvalue weighted by Gasteiger charge is -2.32. The van der Waals surface area contributed by atoms with E-state index in [0.717, 1.165) is 32.5 Å². The van der Waals surface area contributed by atoms with E-state index in [1.807, 2.05) is 0 Å². The van der Waals surface area contributed by atoms with E-state index < -0.39 is 8.72 Å². The number of aromatic nitrogens is 2. The first-order chi connectivity index (χ1) is 12.3. The Morgan fingerprint density at radius 3 is 2.81 bits per heavy atom. The molecule has 0 bridgehead atoms. The number of nitro benzene ring substituents is 1. The number of fused-ring (bicyclic) bond motifs is 1. The number of nitro groups is 1. The molecule has 0 radical (unpaired) electrons. The Labute approximate surface area is 165 Å². The molecule has 2 heterocycles. The molecule has 2 aromatic rings. The van der Waals surface area contributed by atoms with E-state index in [-0.39, 0.29) is 17.6 Å². The van der Waals surface area contributed by atoms with Crippen molar-refractivity contribution in [3.05, 3.63) is 34.1 Å². The molecule has 140 valence electrons. The summed E-state index contributed by atoms with van der Waals surface area (Å²) in [4.78, 5) is 21.6. The molecule has 0 amide bonds. The fourth-order valence-corrected chi connectivity index (χ4v) is 3.37. The zero-order valence-electron chi connectivity index (χ0n) is 14.1. The number of alkyl halides is 3. The largest absolute Gasteiger partial charge is 0.365 e. The Kier molecular flexibility index (Phi) is 5.72. The molecule has 0 spiro atoms. The number of benzene rings is 1. The summed E-state index contributed by atoms with van der Waals surface area (Å²) in [5, 5.41) is 15.0. The summed E-state index contributed by atoms with van der Waals surface area (Å²) in [6.07, 6.45) is 2.03. The fourth-order valence-electron chi connectivity index (χ4n) is 3.12. The average molecular weight is 419 g/mol. The second-order valence-corrected chi connectivity index (χ2v) is 8.51. The van der Waals surface area contributed by atoms with Crippen molar-refractivity contribution in [2.45, 2.75) is 29.6 Å². The molecule has 1 N–H and O–H groups in total. The van der Waals surface area contributed by atoms with Gasteiger partial charge in [-0.1, -0.05) is 41.7 Å². The number of halogens is 3. The number of nitrogens with one attached hydrogen (secondary N) is 1. The van der Waals surface area contributed by atoms with Gasteiger partial charge in [-0.25, -0.2) is 9.97 Å². The van der Waals surface area contributed by atoms with E-state index in [0.29, 0.717) is 16.7 Å². The number of nitrogens with zero attached hydrogens (tertiary/aromatic N) is 4. The van der Waals surface area contributed by atoms with Gasteiger partial charge in [-0.15, -0.1) is 0 Å². The highest BCUT2D eigenvalue weighted by Crippen LogP contribution is 2.38. The number of anilines is 1. The van der Waals surface area contributed by atoms with Crippen LogP contribution >= 0.6 is 34.8 Å². The van der Waals surface area contributed by atoms with Crippen LogP contribution in [0.2, 0.25) is 0 Å². The average Bonchev–Trinajstić information content (AvgIpc) is 2.60. The lowest BCUT2D eigenvalue weighted by atomic mass is 10.1. The van der Waals surface area contributed by atoms with Gasteiger partial charge in [0.2, 0.25) is 3.79 Å². The minimum Gasteiger partial charge on any atom is -0.365 e. The number of hydrogen-bond donors (Lipinski definition) is 1. The van der Waals surface area contributed by atoms with E-state index in [2.05, 4.69) is 27.1 Å². The van der Waals surface area contributed by atoms with Crippen LogP contribution in [-0.2, 0) is 3.79 Å². The van der Waals surface area contributed by atoms with Crippen LogP contribution in [0.4, 0.5) is 11.5 Å². The predicted octanol–water partition coefficient (Wildman–Crippen LogP) is 4.26. The minimum absolute atomic E-state index is 0.0366. The van der Waals surface area contributed by atoms with Crippen molar-refractivity contribution in [3.8, 4) is 0 Å². The van der Waals surface area contributed by atoms with Crippen molar-refractivity contribution in [1.29, 1.82) is 0 Å². The van der Waals surface area contributed by atoms with Crippen LogP contribution < -0.4 is 5.32 Å². The van der Waals surface area contributed by atoms with Gasteiger partial charge in [0.1, 0.15) is 5.82 Å². The Morgan fingerprint density at radius 2 is 2.15 bits per heavy atom. The van der Waals surface area contributed by atoms with Crippen LogP contribution in [0.25, 0.3) is 10.9 Å². The normalized spacial score (nSPS) is 18.8. The van der Waals surface area contributed by atoms with E-state index in [1.165, 1.54) is 12.1 Å². The summed E-state index contributed by atoms with van der Waals surface area (Å²) in [6.45, 7) is 5.00. The van der Waals surface area contributed by atoms with Crippen molar-refractivity contribution in [2.24, 2.45) is 0 Å². The summed E-state index contributed by atoms with van der Waals surface area (Å²) >= 11 is 17.9. The molecule has 1 aliphatic heterocycles. The highest BCUT2D eigenvalue weighted by atomic mass is 35.6. The fraction of sp³-hybridized carbons (Fsp3) is 0.500. The first-order valence-corrected chi connectivity index (χ1v) is 9.43. The second kappa shape index (κ2) is 7.68. The van der Waals surface area contributed by atoms with Gasteiger partial charge in [-0.2, -0.15) is 0 Å². The molecule has 1 aromatic carbocycles. The highest BCUT2D eigenvalue weighted by Gasteiger charge is 2.29. The van der Waals surface area contributed by atoms with Crippen LogP contribution in [0.5, 0.6) is 0 Å². The van der Waals surface area contributed by atoms with Crippen molar-refractivity contribution in [2.75, 3.05) is 25.0 Å². The second-order valence-electron chi connectivity index (χ2n) is 6.23. The number of likely N-dealkylation sites (N-methyl/N-ethyl adjacent to an activating group) is 1. The SMILES string of the molecule is CCN1CCCC(Nc2nc(C(Cl)(Cl)Cl)nc3ccc([N+](=O)[O-])cc23)C1. The van der Waals surface area contributed by atoms with E-state index in [9.17, 15) is 10.1 Å². The van der Waals surface area contributed by atoms with Crippen molar-refractivity contribution in [1.82, 2.24) is 14.9 Å². The lowest BCUT2D eigenvalue weighted by Crippen LogP contribution is -2.42. The summed E-state index contributed by atoms with van der Waals surface area (Å²) < 4.78 is -1.78. The maximum absolute atomic E-state index is 11.1. The van der Waals surface area contributed by atoms with Crippen molar-refractivity contribution < 1.29 is 4.92 Å². The topological polar surface area (TPSA) is 84.2 Å². The molecule has 26 heavy (non-hydrogen) atoms. The zero-order chi connectivity index (χ0) is 18.9. The molecular weight excluding hydrogens is 401 g/mol. The first kappa shape index (κ1) is 19.4. The monoisotopic (exact) mass is 417 g/mol. The molecule has 7 nitrogen and oxygen atoms in total. The summed E-state index contributed by atoms with van der Waals surface area (Å²) in [5.41, 5.74) is 0.446. The summed E-state index contributed by atoms with van der Waals surface area (Å²) in [5.74, 6) is 0.484. The standard InChI is InChI=1S/C16H18Cl3N5O2/c1-2-23-7-3-4-10(9-23)20-14-12-8-11(24(25)26)5-6-13(12)21-15(22-14)16(17,18)19/h5-6,8,10H,2-4,7,9H2,1H3,(H,20,21,22). The highest BCUT2D eigenvalue weighted by molar-refractivity contribution is 6.66. The minimum atomic E-state index is -1.78. The van der Waals surface area contributed by atoms with E-state index in [1.54, 1.807) is 6.07 Å². The maximum Gasteiger partial charge on any atom is 0.270 e. The molecule has 10 heteroatoms. The Morgan fingerprint density at radius 1 is 1.38 bits per heavy atom. The predicted molar refractivity (Wildman–Crippen MR) is 104 cm³/mol. The Balaban J connectivity index is 2.04. The summed E-state index contributed by atoms with van der Waals surface area (Å²) in [7, 11) is 0. The maximum atomic E-state index is 11.1. The number of non-ortho nitro benzene ring substituents is 1. The number of piperidine rings is 1. The van der Waals surface area contributed by atoms with Gasteiger partial charge in [-0.05, 0) is 32.0 Å². The van der Waals surface area contributed by atoms with Crippen LogP contribution in [0, 0.1) is 10.1 Å². The summed E-state index contributed by atoms with van der Waals surface area (Å²) in [6, 6.07) is 4.52. The van der Waals surface area contributed by atoms with Gasteiger partial charge >= 0.3 is 0 Å². The number of hydrogen-bond acceptors (Lipinski definition) is 6. The molecule has 1 saturated heterocycles. The van der Waals surface area contributed by atoms with Crippen LogP contribution in [0.3, 0.4) is 0 Å². The molecule has 0 saturated carbocycles. The van der Waals surface area contributed by atoms with Crippen molar-refractivity contribution >= 4 is 57.2 Å². The lowest BCUT2D eigenvalue weighted by molar-refractivity contribution is -0.384. The van der Waals surface area contributed by atoms with Gasteiger partial charge in [0, 0.05) is 30.1 Å². The first-order valence-electron chi connectivity index (χ1n) is 8.30. The third kappa shape index (κ3) is 4.28. The van der Waals surface area contributed by atoms with Crippen LogP contribution in [0.15, 0.2) is 18.2 Å². The molecule has 1 unspecified atom stereocenters. The Bertz CT molecular complexity index is 827. The van der Waals surface area contributed by atoms with Crippen LogP contribution in [0.1, 0.15) is 25.6 Å². The molecule has 1 aliphatic rings. The van der Waals surface area contributed by atoms with Crippen molar-refractivity contribution in [3.63, 3.8) is 0 Å². The zero-order valence-corrected chi connectivity index (χ0v) is 16.4. The molecule has 3 rings (SSSR count). The van der Waals surface area contributed by atoms with Crippen LogP contribution in [-0.4, -0.2) is 45.5 Å². The number of rotatable bonds is 4. The third-order valence-corrected chi connectivity index (χ3v) is 4.94. The third-order valence-electron chi connectivity index (χ3n) is 4.44. The van der Waals surface area contributed by atoms with Gasteiger partial charge in [0.05, 0.1) is 10.4 Å². The molecule has 1 fully saturated rings. The molecule has 0 aliphatic carbocycles. The van der Waals surface area contributed by atoms with Gasteiger partial charge in [0.15, 0.2) is 5.82 Å². The molecule has 1 atom stereocenters. The molecular formula is C16H18Cl3N5O2. The quantitative estimate of drug-likeness (QED) is 0.454. The molecule has 1 aromatic heterocycles. The Hall–Kier alpha value is -1.41. The van der Waals surface area contributed by atoms with E-state index in [4.69, 9.17) is 34.8 Å². The number of likely N-dealkylation sites (tertiary alicyclic amines) is 1. The van der Waals surface area contributed by atoms with Gasteiger partial charge in [0.25, 0.3) is 5.69 Å². The van der Waals surface area contributed by atoms with Gasteiger partial charge < -0.3 is 10.2 Å².